The van der Waals surface area contributed by atoms with Gasteiger partial charge in [-0.2, -0.15) is 4.31 Å². The van der Waals surface area contributed by atoms with Crippen molar-refractivity contribution in [1.29, 1.82) is 0 Å². The molecule has 2 aromatic rings. The Hall–Kier alpha value is -1.60. The van der Waals surface area contributed by atoms with Crippen LogP contribution in [0.1, 0.15) is 18.4 Å². The van der Waals surface area contributed by atoms with E-state index in [9.17, 15) is 13.2 Å². The van der Waals surface area contributed by atoms with E-state index in [-0.39, 0.29) is 10.8 Å². The van der Waals surface area contributed by atoms with Crippen LogP contribution in [0.4, 0.5) is 5.69 Å². The second kappa shape index (κ2) is 7.56. The fraction of sp³-hybridized carbons (Fsp3) is 0.278. The van der Waals surface area contributed by atoms with Gasteiger partial charge in [-0.25, -0.2) is 8.42 Å². The van der Waals surface area contributed by atoms with Crippen LogP contribution in [-0.4, -0.2) is 31.2 Å². The Morgan fingerprint density at radius 2 is 1.77 bits per heavy atom. The van der Waals surface area contributed by atoms with E-state index in [1.54, 1.807) is 18.2 Å². The minimum absolute atomic E-state index is 0.129. The fourth-order valence-electron chi connectivity index (χ4n) is 3.02. The number of carbonyl (C=O) groups excluding carboxylic acids is 1. The van der Waals surface area contributed by atoms with Gasteiger partial charge in [0.25, 0.3) is 0 Å². The lowest BCUT2D eigenvalue weighted by atomic mass is 10.1. The molecule has 0 aromatic heterocycles. The molecule has 8 heteroatoms. The van der Waals surface area contributed by atoms with Crippen molar-refractivity contribution in [2.75, 3.05) is 11.9 Å². The van der Waals surface area contributed by atoms with E-state index in [1.165, 1.54) is 28.6 Å². The number of benzene rings is 2. The summed E-state index contributed by atoms with van der Waals surface area (Å²) in [7, 11) is -3.77. The SMILES string of the molecule is Cc1cc(Cl)ccc1NC(=O)C1CCCN1S(=O)(=O)c1ccc(Cl)cc1. The lowest BCUT2D eigenvalue weighted by molar-refractivity contribution is -0.119. The molecule has 0 saturated carbocycles. The van der Waals surface area contributed by atoms with Crippen molar-refractivity contribution < 1.29 is 13.2 Å². The number of hydrogen-bond acceptors (Lipinski definition) is 3. The molecular weight excluding hydrogens is 395 g/mol. The first kappa shape index (κ1) is 19.2. The van der Waals surface area contributed by atoms with E-state index in [0.29, 0.717) is 35.1 Å². The summed E-state index contributed by atoms with van der Waals surface area (Å²) in [5.41, 5.74) is 1.44. The van der Waals surface area contributed by atoms with Gasteiger partial charge < -0.3 is 5.32 Å². The van der Waals surface area contributed by atoms with Crippen LogP contribution in [0.3, 0.4) is 0 Å². The molecule has 0 spiro atoms. The maximum absolute atomic E-state index is 12.9. The largest absolute Gasteiger partial charge is 0.324 e. The van der Waals surface area contributed by atoms with Crippen LogP contribution in [0, 0.1) is 6.92 Å². The molecule has 1 unspecified atom stereocenters. The van der Waals surface area contributed by atoms with E-state index < -0.39 is 16.1 Å². The Balaban J connectivity index is 1.83. The van der Waals surface area contributed by atoms with Gasteiger partial charge in [-0.05, 0) is 67.8 Å². The van der Waals surface area contributed by atoms with Gasteiger partial charge in [-0.1, -0.05) is 23.2 Å². The average molecular weight is 413 g/mol. The van der Waals surface area contributed by atoms with Crippen LogP contribution in [0.25, 0.3) is 0 Å². The molecule has 0 bridgehead atoms. The summed E-state index contributed by atoms with van der Waals surface area (Å²) < 4.78 is 27.1. The number of carbonyl (C=O) groups is 1. The molecule has 26 heavy (non-hydrogen) atoms. The Morgan fingerprint density at radius 3 is 2.42 bits per heavy atom. The molecule has 3 rings (SSSR count). The van der Waals surface area contributed by atoms with Crippen molar-refractivity contribution in [2.24, 2.45) is 0 Å². The molecule has 0 aliphatic carbocycles. The first-order valence-corrected chi connectivity index (χ1v) is 10.3. The van der Waals surface area contributed by atoms with E-state index in [0.717, 1.165) is 5.56 Å². The quantitative estimate of drug-likeness (QED) is 0.821. The van der Waals surface area contributed by atoms with Gasteiger partial charge in [0.1, 0.15) is 6.04 Å². The van der Waals surface area contributed by atoms with Crippen molar-refractivity contribution in [2.45, 2.75) is 30.7 Å². The Labute approximate surface area is 163 Å². The maximum Gasteiger partial charge on any atom is 0.243 e. The summed E-state index contributed by atoms with van der Waals surface area (Å²) in [4.78, 5) is 12.9. The third kappa shape index (κ3) is 3.88. The molecule has 1 N–H and O–H groups in total. The molecule has 138 valence electrons. The molecule has 1 heterocycles. The lowest BCUT2D eigenvalue weighted by Gasteiger charge is -2.23. The average Bonchev–Trinajstić information content (AvgIpc) is 3.08. The standard InChI is InChI=1S/C18H18Cl2N2O3S/c1-12-11-14(20)6-9-16(12)21-18(23)17-3-2-10-22(17)26(24,25)15-7-4-13(19)5-8-15/h4-9,11,17H,2-3,10H2,1H3,(H,21,23). The lowest BCUT2D eigenvalue weighted by Crippen LogP contribution is -2.43. The highest BCUT2D eigenvalue weighted by Crippen LogP contribution is 2.28. The molecule has 1 aliphatic heterocycles. The molecule has 0 radical (unpaired) electrons. The zero-order valence-electron chi connectivity index (χ0n) is 14.1. The van der Waals surface area contributed by atoms with Gasteiger partial charge in [-0.15, -0.1) is 0 Å². The van der Waals surface area contributed by atoms with Crippen LogP contribution in [0.5, 0.6) is 0 Å². The topological polar surface area (TPSA) is 66.5 Å². The van der Waals surface area contributed by atoms with Crippen molar-refractivity contribution in [3.8, 4) is 0 Å². The first-order chi connectivity index (χ1) is 12.3. The minimum atomic E-state index is -3.77. The number of sulfonamides is 1. The maximum atomic E-state index is 12.9. The predicted molar refractivity (Wildman–Crippen MR) is 103 cm³/mol. The molecule has 1 aliphatic rings. The van der Waals surface area contributed by atoms with Crippen LogP contribution >= 0.6 is 23.2 Å². The third-order valence-electron chi connectivity index (χ3n) is 4.37. The molecule has 1 saturated heterocycles. The summed E-state index contributed by atoms with van der Waals surface area (Å²) in [5, 5.41) is 3.85. The summed E-state index contributed by atoms with van der Waals surface area (Å²) in [6, 6.07) is 10.3. The van der Waals surface area contributed by atoms with E-state index in [2.05, 4.69) is 5.32 Å². The first-order valence-electron chi connectivity index (χ1n) is 8.13. The highest BCUT2D eigenvalue weighted by molar-refractivity contribution is 7.89. The highest BCUT2D eigenvalue weighted by atomic mass is 35.5. The Morgan fingerprint density at radius 1 is 1.12 bits per heavy atom. The number of halogens is 2. The van der Waals surface area contributed by atoms with Gasteiger partial charge in [0.15, 0.2) is 0 Å². The van der Waals surface area contributed by atoms with Gasteiger partial charge in [0.2, 0.25) is 15.9 Å². The Kier molecular flexibility index (Phi) is 5.58. The molecule has 2 aromatic carbocycles. The van der Waals surface area contributed by atoms with Crippen molar-refractivity contribution in [3.05, 3.63) is 58.1 Å². The molecule has 5 nitrogen and oxygen atoms in total. The van der Waals surface area contributed by atoms with E-state index >= 15 is 0 Å². The second-order valence-electron chi connectivity index (χ2n) is 6.18. The van der Waals surface area contributed by atoms with E-state index in [1.807, 2.05) is 6.92 Å². The van der Waals surface area contributed by atoms with Crippen LogP contribution in [0.2, 0.25) is 10.0 Å². The van der Waals surface area contributed by atoms with Gasteiger partial charge >= 0.3 is 0 Å². The summed E-state index contributed by atoms with van der Waals surface area (Å²) >= 11 is 11.8. The summed E-state index contributed by atoms with van der Waals surface area (Å²) in [6.07, 6.45) is 1.11. The normalized spacial score (nSPS) is 18.0. The van der Waals surface area contributed by atoms with Crippen molar-refractivity contribution in [3.63, 3.8) is 0 Å². The summed E-state index contributed by atoms with van der Waals surface area (Å²) in [6.45, 7) is 2.14. The number of nitrogens with zero attached hydrogens (tertiary/aromatic N) is 1. The number of nitrogens with one attached hydrogen (secondary N) is 1. The van der Waals surface area contributed by atoms with Gasteiger partial charge in [-0.3, -0.25) is 4.79 Å². The van der Waals surface area contributed by atoms with Crippen LogP contribution in [0.15, 0.2) is 47.4 Å². The molecule has 1 atom stereocenters. The van der Waals surface area contributed by atoms with Crippen LogP contribution < -0.4 is 5.32 Å². The van der Waals surface area contributed by atoms with Gasteiger partial charge in [0, 0.05) is 22.3 Å². The number of rotatable bonds is 4. The van der Waals surface area contributed by atoms with Crippen molar-refractivity contribution >= 4 is 44.8 Å². The van der Waals surface area contributed by atoms with Crippen LogP contribution in [-0.2, 0) is 14.8 Å². The van der Waals surface area contributed by atoms with E-state index in [4.69, 9.17) is 23.2 Å². The number of hydrogen-bond donors (Lipinski definition) is 1. The molecular formula is C18H18Cl2N2O3S. The Bertz CT molecular complexity index is 930. The summed E-state index contributed by atoms with van der Waals surface area (Å²) in [5.74, 6) is -0.342. The number of aryl methyl sites for hydroxylation is 1. The van der Waals surface area contributed by atoms with Crippen molar-refractivity contribution in [1.82, 2.24) is 4.31 Å². The molecule has 1 fully saturated rings. The highest BCUT2D eigenvalue weighted by Gasteiger charge is 2.39. The predicted octanol–water partition coefficient (Wildman–Crippen LogP) is 4.09. The zero-order chi connectivity index (χ0) is 18.9. The second-order valence-corrected chi connectivity index (χ2v) is 8.94. The number of amides is 1. The monoisotopic (exact) mass is 412 g/mol. The smallest absolute Gasteiger partial charge is 0.243 e. The molecule has 1 amide bonds. The van der Waals surface area contributed by atoms with Gasteiger partial charge in [0.05, 0.1) is 4.90 Å². The third-order valence-corrected chi connectivity index (χ3v) is 6.78. The fourth-order valence-corrected chi connectivity index (χ4v) is 5.02. The number of anilines is 1. The minimum Gasteiger partial charge on any atom is -0.324 e. The zero-order valence-corrected chi connectivity index (χ0v) is 16.4.